The molecule has 0 spiro atoms. The van der Waals surface area contributed by atoms with Gasteiger partial charge in [-0.15, -0.1) is 5.10 Å². The summed E-state index contributed by atoms with van der Waals surface area (Å²) in [5, 5.41) is 26.1. The van der Waals surface area contributed by atoms with Crippen molar-refractivity contribution in [2.24, 2.45) is 0 Å². The lowest BCUT2D eigenvalue weighted by Crippen LogP contribution is -2.32. The summed E-state index contributed by atoms with van der Waals surface area (Å²) in [6.45, 7) is 4.84. The molecule has 0 unspecified atom stereocenters. The van der Waals surface area contributed by atoms with Crippen molar-refractivity contribution < 1.29 is 10.2 Å². The molecular weight excluding hydrogens is 220 g/mol. The molecule has 1 heterocycles. The van der Waals surface area contributed by atoms with Gasteiger partial charge in [0.15, 0.2) is 0 Å². The summed E-state index contributed by atoms with van der Waals surface area (Å²) in [4.78, 5) is 6.16. The Bertz CT molecular complexity index is 340. The molecule has 0 fully saturated rings. The van der Waals surface area contributed by atoms with Crippen molar-refractivity contribution in [3.63, 3.8) is 0 Å². The van der Waals surface area contributed by atoms with Gasteiger partial charge in [-0.2, -0.15) is 5.10 Å². The van der Waals surface area contributed by atoms with Crippen LogP contribution in [0.4, 0.5) is 5.95 Å². The first-order valence-electron chi connectivity index (χ1n) is 5.95. The number of hydrogen-bond donors (Lipinski definition) is 2. The summed E-state index contributed by atoms with van der Waals surface area (Å²) in [6.07, 6.45) is 1.61. The second-order valence-electron chi connectivity index (χ2n) is 3.65. The molecule has 0 aromatic carbocycles. The van der Waals surface area contributed by atoms with Crippen molar-refractivity contribution in [1.82, 2.24) is 15.2 Å². The van der Waals surface area contributed by atoms with Crippen molar-refractivity contribution in [2.45, 2.75) is 26.7 Å². The molecule has 0 aliphatic rings. The lowest BCUT2D eigenvalue weighted by atomic mass is 10.2. The Morgan fingerprint density at radius 1 is 0.941 bits per heavy atom. The number of hydrogen-bond acceptors (Lipinski definition) is 6. The standard InChI is InChI=1S/C11H20N4O2/c1-3-9-10(4-2)13-14-11(12-9)15(5-7-16)6-8-17/h16-17H,3-8H2,1-2H3. The van der Waals surface area contributed by atoms with E-state index in [4.69, 9.17) is 10.2 Å². The lowest BCUT2D eigenvalue weighted by molar-refractivity contribution is 0.280. The van der Waals surface area contributed by atoms with Crippen LogP contribution in [0.15, 0.2) is 0 Å². The highest BCUT2D eigenvalue weighted by atomic mass is 16.3. The average molecular weight is 240 g/mol. The molecule has 0 bridgehead atoms. The van der Waals surface area contributed by atoms with Crippen LogP contribution in [0.25, 0.3) is 0 Å². The zero-order valence-electron chi connectivity index (χ0n) is 10.4. The molecule has 1 aromatic rings. The van der Waals surface area contributed by atoms with Gasteiger partial charge in [-0.25, -0.2) is 4.98 Å². The molecule has 96 valence electrons. The van der Waals surface area contributed by atoms with Gasteiger partial charge in [-0.1, -0.05) is 13.8 Å². The van der Waals surface area contributed by atoms with E-state index < -0.39 is 0 Å². The Morgan fingerprint density at radius 2 is 1.53 bits per heavy atom. The number of aromatic nitrogens is 3. The van der Waals surface area contributed by atoms with Gasteiger partial charge in [0, 0.05) is 13.1 Å². The minimum absolute atomic E-state index is 0.000345. The van der Waals surface area contributed by atoms with Gasteiger partial charge in [0.1, 0.15) is 0 Å². The summed E-state index contributed by atoms with van der Waals surface area (Å²) in [7, 11) is 0. The van der Waals surface area contributed by atoms with Crippen LogP contribution in [0.1, 0.15) is 25.2 Å². The third kappa shape index (κ3) is 3.61. The Labute approximate surface area is 101 Å². The number of anilines is 1. The largest absolute Gasteiger partial charge is 0.395 e. The second kappa shape index (κ2) is 7.13. The van der Waals surface area contributed by atoms with Crippen LogP contribution in [0.3, 0.4) is 0 Å². The monoisotopic (exact) mass is 240 g/mol. The maximum Gasteiger partial charge on any atom is 0.245 e. The molecule has 0 amide bonds. The van der Waals surface area contributed by atoms with Gasteiger partial charge in [0.05, 0.1) is 24.6 Å². The maximum atomic E-state index is 8.95. The van der Waals surface area contributed by atoms with Crippen molar-refractivity contribution in [1.29, 1.82) is 0 Å². The summed E-state index contributed by atoms with van der Waals surface area (Å²) < 4.78 is 0. The topological polar surface area (TPSA) is 82.4 Å². The third-order valence-electron chi connectivity index (χ3n) is 2.52. The maximum absolute atomic E-state index is 8.95. The Hall–Kier alpha value is -1.27. The lowest BCUT2D eigenvalue weighted by Gasteiger charge is -2.20. The van der Waals surface area contributed by atoms with E-state index in [-0.39, 0.29) is 13.2 Å². The second-order valence-corrected chi connectivity index (χ2v) is 3.65. The number of aryl methyl sites for hydroxylation is 2. The van der Waals surface area contributed by atoms with Gasteiger partial charge in [0.25, 0.3) is 0 Å². The van der Waals surface area contributed by atoms with Crippen LogP contribution in [0.2, 0.25) is 0 Å². The van der Waals surface area contributed by atoms with E-state index in [1.54, 1.807) is 4.90 Å². The van der Waals surface area contributed by atoms with Gasteiger partial charge in [-0.3, -0.25) is 0 Å². The molecule has 0 aliphatic heterocycles. The van der Waals surface area contributed by atoms with Crippen LogP contribution >= 0.6 is 0 Å². The molecule has 1 aromatic heterocycles. The molecule has 6 nitrogen and oxygen atoms in total. The van der Waals surface area contributed by atoms with Crippen LogP contribution in [-0.2, 0) is 12.8 Å². The zero-order chi connectivity index (χ0) is 12.7. The number of aliphatic hydroxyl groups excluding tert-OH is 2. The molecule has 1 rings (SSSR count). The van der Waals surface area contributed by atoms with Crippen molar-refractivity contribution in [2.75, 3.05) is 31.2 Å². The molecule has 0 saturated carbocycles. The fraction of sp³-hybridized carbons (Fsp3) is 0.727. The first-order chi connectivity index (χ1) is 8.26. The smallest absolute Gasteiger partial charge is 0.245 e. The molecule has 0 aliphatic carbocycles. The Morgan fingerprint density at radius 3 is 2.00 bits per heavy atom. The van der Waals surface area contributed by atoms with E-state index in [1.165, 1.54) is 0 Å². The Balaban J connectivity index is 2.94. The summed E-state index contributed by atoms with van der Waals surface area (Å²) in [5.41, 5.74) is 1.84. The van der Waals surface area contributed by atoms with Gasteiger partial charge < -0.3 is 15.1 Å². The summed E-state index contributed by atoms with van der Waals surface area (Å²) >= 11 is 0. The fourth-order valence-corrected chi connectivity index (χ4v) is 1.62. The van der Waals surface area contributed by atoms with Crippen LogP contribution in [-0.4, -0.2) is 51.7 Å². The van der Waals surface area contributed by atoms with E-state index >= 15 is 0 Å². The van der Waals surface area contributed by atoms with Crippen molar-refractivity contribution >= 4 is 5.95 Å². The highest BCUT2D eigenvalue weighted by molar-refractivity contribution is 5.30. The Kier molecular flexibility index (Phi) is 5.79. The average Bonchev–Trinajstić information content (AvgIpc) is 2.37. The minimum Gasteiger partial charge on any atom is -0.395 e. The zero-order valence-corrected chi connectivity index (χ0v) is 10.4. The number of nitrogens with zero attached hydrogens (tertiary/aromatic N) is 4. The SMILES string of the molecule is CCc1nnc(N(CCO)CCO)nc1CC. The first kappa shape index (κ1) is 13.8. The van der Waals surface area contributed by atoms with Crippen molar-refractivity contribution in [3.8, 4) is 0 Å². The van der Waals surface area contributed by atoms with E-state index in [2.05, 4.69) is 15.2 Å². The minimum atomic E-state index is 0.000345. The number of aliphatic hydroxyl groups is 2. The van der Waals surface area contributed by atoms with Crippen LogP contribution in [0.5, 0.6) is 0 Å². The first-order valence-corrected chi connectivity index (χ1v) is 5.95. The quantitative estimate of drug-likeness (QED) is 0.686. The normalized spacial score (nSPS) is 10.6. The van der Waals surface area contributed by atoms with Gasteiger partial charge in [0.2, 0.25) is 5.95 Å². The predicted octanol–water partition coefficient (Wildman–Crippen LogP) is -0.213. The molecule has 0 atom stereocenters. The van der Waals surface area contributed by atoms with Gasteiger partial charge in [-0.05, 0) is 12.8 Å². The molecule has 6 heteroatoms. The third-order valence-corrected chi connectivity index (χ3v) is 2.52. The van der Waals surface area contributed by atoms with E-state index in [0.717, 1.165) is 24.2 Å². The van der Waals surface area contributed by atoms with Crippen LogP contribution in [0, 0.1) is 0 Å². The molecule has 2 N–H and O–H groups in total. The van der Waals surface area contributed by atoms with E-state index in [9.17, 15) is 0 Å². The van der Waals surface area contributed by atoms with Crippen LogP contribution < -0.4 is 4.90 Å². The summed E-state index contributed by atoms with van der Waals surface area (Å²) in [6, 6.07) is 0. The van der Waals surface area contributed by atoms with Gasteiger partial charge >= 0.3 is 0 Å². The highest BCUT2D eigenvalue weighted by Crippen LogP contribution is 2.10. The number of rotatable bonds is 7. The molecular formula is C11H20N4O2. The van der Waals surface area contributed by atoms with E-state index in [0.29, 0.717) is 19.0 Å². The highest BCUT2D eigenvalue weighted by Gasteiger charge is 2.12. The molecule has 0 saturated heterocycles. The molecule has 17 heavy (non-hydrogen) atoms. The van der Waals surface area contributed by atoms with Crippen molar-refractivity contribution in [3.05, 3.63) is 11.4 Å². The van der Waals surface area contributed by atoms with E-state index in [1.807, 2.05) is 13.8 Å². The predicted molar refractivity (Wildman–Crippen MR) is 65.0 cm³/mol. The fourth-order valence-electron chi connectivity index (χ4n) is 1.62. The molecule has 0 radical (unpaired) electrons. The summed E-state index contributed by atoms with van der Waals surface area (Å²) in [5.74, 6) is 0.474.